The number of aliphatic carboxylic acids is 1. The van der Waals surface area contributed by atoms with Crippen LogP contribution in [0.3, 0.4) is 0 Å². The summed E-state index contributed by atoms with van der Waals surface area (Å²) in [6, 6.07) is 3.50. The van der Waals surface area contributed by atoms with Crippen molar-refractivity contribution in [3.63, 3.8) is 0 Å². The molecule has 2 N–H and O–H groups in total. The highest BCUT2D eigenvalue weighted by molar-refractivity contribution is 9.10. The van der Waals surface area contributed by atoms with Crippen LogP contribution >= 0.6 is 15.9 Å². The number of anilines is 1. The molecule has 1 heterocycles. The van der Waals surface area contributed by atoms with Crippen molar-refractivity contribution in [3.05, 3.63) is 22.3 Å². The van der Waals surface area contributed by atoms with E-state index in [1.165, 1.54) is 0 Å². The van der Waals surface area contributed by atoms with Crippen LogP contribution in [-0.4, -0.2) is 22.0 Å². The third kappa shape index (κ3) is 3.12. The Hall–Kier alpha value is -1.43. The number of hydrogen-bond acceptors (Lipinski definition) is 3. The molecular formula is C13H15BrN2O3. The molecule has 2 atom stereocenters. The van der Waals surface area contributed by atoms with Gasteiger partial charge < -0.3 is 10.4 Å². The summed E-state index contributed by atoms with van der Waals surface area (Å²) in [4.78, 5) is 27.4. The number of hydrogen-bond donors (Lipinski definition) is 2. The van der Waals surface area contributed by atoms with Gasteiger partial charge in [-0.15, -0.1) is 0 Å². The highest BCUT2D eigenvalue weighted by Gasteiger charge is 2.37. The van der Waals surface area contributed by atoms with E-state index in [2.05, 4.69) is 26.2 Å². The molecule has 2 rings (SSSR count). The molecule has 19 heavy (non-hydrogen) atoms. The minimum absolute atomic E-state index is 0.251. The standard InChI is InChI=1S/C13H15BrN2O3/c1-7-10(14)5-6-11(15-7)16-12(17)8-3-2-4-9(8)13(18)19/h5-6,8-9H,2-4H2,1H3,(H,18,19)(H,15,16,17)/t8-,9+/m1/s1. The lowest BCUT2D eigenvalue weighted by Gasteiger charge is -2.15. The fraction of sp³-hybridized carbons (Fsp3) is 0.462. The van der Waals surface area contributed by atoms with Crippen LogP contribution in [0.1, 0.15) is 25.0 Å². The van der Waals surface area contributed by atoms with Crippen molar-refractivity contribution in [2.75, 3.05) is 5.32 Å². The lowest BCUT2D eigenvalue weighted by atomic mass is 9.95. The molecule has 0 radical (unpaired) electrons. The van der Waals surface area contributed by atoms with E-state index in [0.29, 0.717) is 18.7 Å². The number of rotatable bonds is 3. The molecular weight excluding hydrogens is 312 g/mol. The molecule has 1 amide bonds. The first-order chi connectivity index (χ1) is 8.99. The number of carbonyl (C=O) groups is 2. The van der Waals surface area contributed by atoms with Gasteiger partial charge in [0.25, 0.3) is 0 Å². The Morgan fingerprint density at radius 2 is 2.05 bits per heavy atom. The van der Waals surface area contributed by atoms with Gasteiger partial charge in [0.15, 0.2) is 0 Å². The van der Waals surface area contributed by atoms with Crippen molar-refractivity contribution in [2.45, 2.75) is 26.2 Å². The fourth-order valence-electron chi connectivity index (χ4n) is 2.40. The number of pyridine rings is 1. The number of nitrogens with one attached hydrogen (secondary N) is 1. The number of nitrogens with zero attached hydrogens (tertiary/aromatic N) is 1. The van der Waals surface area contributed by atoms with Crippen LogP contribution in [0, 0.1) is 18.8 Å². The van der Waals surface area contributed by atoms with Crippen LogP contribution in [0.4, 0.5) is 5.82 Å². The molecule has 0 spiro atoms. The van der Waals surface area contributed by atoms with E-state index >= 15 is 0 Å². The van der Waals surface area contributed by atoms with E-state index in [0.717, 1.165) is 16.6 Å². The Bertz CT molecular complexity index is 519. The van der Waals surface area contributed by atoms with E-state index < -0.39 is 17.8 Å². The number of aryl methyl sites for hydroxylation is 1. The first kappa shape index (κ1) is 14.0. The summed E-state index contributed by atoms with van der Waals surface area (Å²) in [6.07, 6.45) is 1.97. The second-order valence-corrected chi connectivity index (χ2v) is 5.59. The SMILES string of the molecule is Cc1nc(NC(=O)[C@@H]2CCC[C@@H]2C(=O)O)ccc1Br. The zero-order chi connectivity index (χ0) is 14.0. The maximum atomic E-state index is 12.1. The Morgan fingerprint density at radius 1 is 1.37 bits per heavy atom. The van der Waals surface area contributed by atoms with Crippen LogP contribution in [0.5, 0.6) is 0 Å². The van der Waals surface area contributed by atoms with Gasteiger partial charge >= 0.3 is 5.97 Å². The zero-order valence-electron chi connectivity index (χ0n) is 10.5. The number of halogens is 1. The van der Waals surface area contributed by atoms with Crippen molar-refractivity contribution < 1.29 is 14.7 Å². The highest BCUT2D eigenvalue weighted by Crippen LogP contribution is 2.32. The first-order valence-electron chi connectivity index (χ1n) is 6.16. The molecule has 0 aromatic carbocycles. The minimum atomic E-state index is -0.891. The second-order valence-electron chi connectivity index (χ2n) is 4.74. The van der Waals surface area contributed by atoms with Crippen LogP contribution < -0.4 is 5.32 Å². The number of carboxylic acid groups (broad SMARTS) is 1. The van der Waals surface area contributed by atoms with E-state index in [4.69, 9.17) is 5.11 Å². The molecule has 1 aliphatic carbocycles. The lowest BCUT2D eigenvalue weighted by molar-refractivity contribution is -0.145. The maximum absolute atomic E-state index is 12.1. The molecule has 0 saturated heterocycles. The Kier molecular flexibility index (Phi) is 4.19. The summed E-state index contributed by atoms with van der Waals surface area (Å²) in [7, 11) is 0. The largest absolute Gasteiger partial charge is 0.481 e. The predicted octanol–water partition coefficient (Wildman–Crippen LogP) is 2.59. The van der Waals surface area contributed by atoms with Crippen molar-refractivity contribution in [1.82, 2.24) is 4.98 Å². The smallest absolute Gasteiger partial charge is 0.307 e. The lowest BCUT2D eigenvalue weighted by Crippen LogP contribution is -2.30. The molecule has 1 aliphatic rings. The van der Waals surface area contributed by atoms with Crippen LogP contribution in [-0.2, 0) is 9.59 Å². The highest BCUT2D eigenvalue weighted by atomic mass is 79.9. The van der Waals surface area contributed by atoms with E-state index in [1.54, 1.807) is 12.1 Å². The summed E-state index contributed by atoms with van der Waals surface area (Å²) in [5, 5.41) is 11.8. The molecule has 5 nitrogen and oxygen atoms in total. The maximum Gasteiger partial charge on any atom is 0.307 e. The quantitative estimate of drug-likeness (QED) is 0.894. The van der Waals surface area contributed by atoms with E-state index in [-0.39, 0.29) is 5.91 Å². The summed E-state index contributed by atoms with van der Waals surface area (Å²) < 4.78 is 0.870. The molecule has 1 saturated carbocycles. The Morgan fingerprint density at radius 3 is 2.68 bits per heavy atom. The number of carboxylic acids is 1. The number of amides is 1. The molecule has 1 fully saturated rings. The zero-order valence-corrected chi connectivity index (χ0v) is 12.1. The van der Waals surface area contributed by atoms with Gasteiger partial charge in [0, 0.05) is 4.47 Å². The predicted molar refractivity (Wildman–Crippen MR) is 73.8 cm³/mol. The van der Waals surface area contributed by atoms with Gasteiger partial charge in [0.1, 0.15) is 5.82 Å². The number of carbonyl (C=O) groups excluding carboxylic acids is 1. The van der Waals surface area contributed by atoms with Crippen LogP contribution in [0.25, 0.3) is 0 Å². The first-order valence-corrected chi connectivity index (χ1v) is 6.95. The average molecular weight is 327 g/mol. The van der Waals surface area contributed by atoms with Crippen molar-refractivity contribution >= 4 is 33.6 Å². The van der Waals surface area contributed by atoms with Crippen molar-refractivity contribution in [3.8, 4) is 0 Å². The van der Waals surface area contributed by atoms with Crippen molar-refractivity contribution in [1.29, 1.82) is 0 Å². The molecule has 1 aromatic rings. The third-order valence-electron chi connectivity index (χ3n) is 3.44. The van der Waals surface area contributed by atoms with Crippen LogP contribution in [0.2, 0.25) is 0 Å². The van der Waals surface area contributed by atoms with Crippen LogP contribution in [0.15, 0.2) is 16.6 Å². The molecule has 0 bridgehead atoms. The van der Waals surface area contributed by atoms with Gasteiger partial charge in [-0.2, -0.15) is 0 Å². The Balaban J connectivity index is 2.08. The Labute approximate surface area is 119 Å². The monoisotopic (exact) mass is 326 g/mol. The fourth-order valence-corrected chi connectivity index (χ4v) is 2.62. The van der Waals surface area contributed by atoms with Gasteiger partial charge in [-0.1, -0.05) is 6.42 Å². The average Bonchev–Trinajstić information content (AvgIpc) is 2.83. The van der Waals surface area contributed by atoms with Gasteiger partial charge in [-0.25, -0.2) is 4.98 Å². The second kappa shape index (κ2) is 5.69. The topological polar surface area (TPSA) is 79.3 Å². The van der Waals surface area contributed by atoms with E-state index in [1.807, 2.05) is 6.92 Å². The van der Waals surface area contributed by atoms with Gasteiger partial charge in [0.2, 0.25) is 5.91 Å². The molecule has 0 unspecified atom stereocenters. The van der Waals surface area contributed by atoms with Gasteiger partial charge in [0.05, 0.1) is 17.5 Å². The van der Waals surface area contributed by atoms with Gasteiger partial charge in [-0.3, -0.25) is 9.59 Å². The molecule has 0 aliphatic heterocycles. The summed E-state index contributed by atoms with van der Waals surface area (Å²) in [5.41, 5.74) is 0.777. The van der Waals surface area contributed by atoms with E-state index in [9.17, 15) is 9.59 Å². The molecule has 1 aromatic heterocycles. The summed E-state index contributed by atoms with van der Waals surface area (Å²) >= 11 is 3.34. The molecule has 6 heteroatoms. The third-order valence-corrected chi connectivity index (χ3v) is 4.28. The van der Waals surface area contributed by atoms with Crippen molar-refractivity contribution in [2.24, 2.45) is 11.8 Å². The molecule has 102 valence electrons. The summed E-state index contributed by atoms with van der Waals surface area (Å²) in [6.45, 7) is 1.83. The van der Waals surface area contributed by atoms with Gasteiger partial charge in [-0.05, 0) is 47.8 Å². The summed E-state index contributed by atoms with van der Waals surface area (Å²) in [5.74, 6) is -1.71. The minimum Gasteiger partial charge on any atom is -0.481 e. The normalized spacial score (nSPS) is 22.2. The number of aromatic nitrogens is 1.